The Kier molecular flexibility index (Phi) is 32.0. The Morgan fingerprint density at radius 2 is 0.672 bits per heavy atom. The van der Waals surface area contributed by atoms with Gasteiger partial charge in [0.25, 0.3) is 0 Å². The average molecular weight is 1890 g/mol. The van der Waals surface area contributed by atoms with E-state index < -0.39 is 51.2 Å². The van der Waals surface area contributed by atoms with Gasteiger partial charge in [-0.25, -0.2) is 25.3 Å². The zero-order valence-electron chi connectivity index (χ0n) is 78.8. The second-order valence-electron chi connectivity index (χ2n) is 36.2. The van der Waals surface area contributed by atoms with Crippen LogP contribution in [0.4, 0.5) is 69.4 Å². The van der Waals surface area contributed by atoms with E-state index >= 15 is 0 Å². The molecule has 0 radical (unpaired) electrons. The van der Waals surface area contributed by atoms with Gasteiger partial charge in [-0.05, 0) is 324 Å². The normalized spacial score (nSPS) is 14.8. The lowest BCUT2D eigenvalue weighted by atomic mass is 9.86. The highest BCUT2D eigenvalue weighted by Gasteiger charge is 2.32. The summed E-state index contributed by atoms with van der Waals surface area (Å²) in [5, 5.41) is 29.4. The summed E-state index contributed by atoms with van der Waals surface area (Å²) in [5.74, 6) is 4.21. The van der Waals surface area contributed by atoms with Crippen molar-refractivity contribution in [2.75, 3.05) is 90.8 Å². The molecule has 3 aliphatic heterocycles. The van der Waals surface area contributed by atoms with E-state index in [2.05, 4.69) is 119 Å². The number of amides is 2. The molecule has 36 heteroatoms. The first-order chi connectivity index (χ1) is 63.8. The number of primary amides is 2. The number of nitrogens with zero attached hydrogens (tertiary/aromatic N) is 9. The number of likely N-dealkylation sites (tertiary alicyclic amines) is 3. The molecule has 3 aliphatic rings. The first-order valence-corrected chi connectivity index (χ1v) is 50.5. The Bertz CT molecular complexity index is 6290. The standard InChI is InChI=1S/C33H43N7O4S.C33H42N6O5S.C32H41N7O4S/c1-20(2)44-28-19-25(23-11-15-40(16-12-23)17-13-30(34)41)22(5)18-27(28)37-33-38-31-24(10-14-35-31)32(39-33)36-26-8-6-7-9-29(26)45(42,43)21(3)4;1-20(2)44-28-19-25(23-11-15-39(16-12-23)17-13-30(40)41)22(5)18-27(28)36-33-37-31-24(10-14-34-31)32(38-33)35-26-8-6-7-9-29(26)45(42,43)21(3)4;1-19(2)43-27-17-24(22-11-14-39(15-12-22)18-29(33)40)21(5)16-26(27)36-32-37-30-23(10-13-34-30)31(38-32)35-25-8-6-7-9-28(25)44(41,42)20(3)4/h6-10,14,18-21,23H,11-13,15-17H2,1-5H3,(H2,34,41)(H3,35,36,37,38,39);6-10,14,18-21,23H,11-13,15-17H2,1-5H3,(H,40,41)(H3,34,35,36,37,38);6-10,13,16-17,19-20,22H,11-12,14-15,18H2,1-5H3,(H2,33,40)(H3,34,35,36,37,38). The minimum Gasteiger partial charge on any atom is -0.489 e. The van der Waals surface area contributed by atoms with Crippen LogP contribution in [0.25, 0.3) is 33.1 Å². The van der Waals surface area contributed by atoms with E-state index in [1.807, 2.05) is 59.7 Å². The lowest BCUT2D eigenvalue weighted by Crippen LogP contribution is -2.39. The highest BCUT2D eigenvalue weighted by atomic mass is 32.2. The van der Waals surface area contributed by atoms with Crippen LogP contribution in [0.3, 0.4) is 0 Å². The molecule has 3 fully saturated rings. The van der Waals surface area contributed by atoms with E-state index in [9.17, 15) is 39.6 Å². The van der Waals surface area contributed by atoms with Crippen molar-refractivity contribution < 1.29 is 59.0 Å². The molecule has 9 heterocycles. The smallest absolute Gasteiger partial charge is 0.304 e. The maximum absolute atomic E-state index is 13.1. The monoisotopic (exact) mass is 1890 g/mol. The Morgan fingerprint density at radius 3 is 0.940 bits per heavy atom. The molecule has 15 rings (SSSR count). The van der Waals surface area contributed by atoms with E-state index in [0.29, 0.717) is 124 Å². The number of aromatic amines is 3. The van der Waals surface area contributed by atoms with E-state index in [0.717, 1.165) is 128 Å². The van der Waals surface area contributed by atoms with E-state index in [-0.39, 0.29) is 57.8 Å². The topological polar surface area (TPSA) is 460 Å². The molecule has 0 aliphatic carbocycles. The van der Waals surface area contributed by atoms with Crippen molar-refractivity contribution in [2.24, 2.45) is 11.5 Å². The molecule has 134 heavy (non-hydrogen) atoms. The van der Waals surface area contributed by atoms with Gasteiger partial charge in [0, 0.05) is 38.1 Å². The summed E-state index contributed by atoms with van der Waals surface area (Å²) in [6.07, 6.45) is 11.4. The number of aliphatic carboxylic acids is 1. The van der Waals surface area contributed by atoms with Crippen molar-refractivity contribution in [1.82, 2.24) is 59.6 Å². The molecule has 14 N–H and O–H groups in total. The molecule has 6 aromatic carbocycles. The van der Waals surface area contributed by atoms with E-state index in [1.54, 1.807) is 133 Å². The van der Waals surface area contributed by atoms with Gasteiger partial charge in [-0.3, -0.25) is 19.3 Å². The first-order valence-electron chi connectivity index (χ1n) is 45.8. The Balaban J connectivity index is 0.000000170. The molecule has 33 nitrogen and oxygen atoms in total. The minimum absolute atomic E-state index is 0.0554. The first kappa shape index (κ1) is 99.0. The molecular weight excluding hydrogens is 1760 g/mol. The number of ether oxygens (including phenoxy) is 3. The highest BCUT2D eigenvalue weighted by molar-refractivity contribution is 7.92. The second-order valence-corrected chi connectivity index (χ2v) is 43.6. The number of carbonyl (C=O) groups is 3. The fraction of sp³-hybridized carbons (Fsp3) is 0.418. The summed E-state index contributed by atoms with van der Waals surface area (Å²) >= 11 is 0. The van der Waals surface area contributed by atoms with Crippen LogP contribution in [0.5, 0.6) is 17.2 Å². The number of piperidine rings is 3. The quantitative estimate of drug-likeness (QED) is 0.0175. The van der Waals surface area contributed by atoms with Gasteiger partial charge in [-0.15, -0.1) is 0 Å². The molecular formula is C98H126N20O13S3. The number of nitrogens with two attached hydrogens (primary N) is 2. The highest BCUT2D eigenvalue weighted by Crippen LogP contribution is 2.44. The van der Waals surface area contributed by atoms with Crippen LogP contribution in [0, 0.1) is 20.8 Å². The minimum atomic E-state index is -3.54. The van der Waals surface area contributed by atoms with Gasteiger partial charge in [-0.2, -0.15) is 29.9 Å². The zero-order chi connectivity index (χ0) is 96.2. The summed E-state index contributed by atoms with van der Waals surface area (Å²) in [6.45, 7) is 34.9. The molecule has 12 aromatic rings. The number of H-pyrrole nitrogens is 3. The molecule has 0 bridgehead atoms. The summed E-state index contributed by atoms with van der Waals surface area (Å²) < 4.78 is 97.5. The molecule has 0 unspecified atom stereocenters. The number of carboxylic acid groups (broad SMARTS) is 1. The number of nitrogens with one attached hydrogen (secondary N) is 9. The number of sulfone groups is 3. The van der Waals surface area contributed by atoms with Gasteiger partial charge in [0.1, 0.15) is 51.6 Å². The number of carbonyl (C=O) groups excluding carboxylic acids is 2. The summed E-state index contributed by atoms with van der Waals surface area (Å²) in [6, 6.07) is 38.6. The Hall–Kier alpha value is -12.5. The fourth-order valence-electron chi connectivity index (χ4n) is 17.1. The molecule has 0 saturated carbocycles. The van der Waals surface area contributed by atoms with Gasteiger partial charge >= 0.3 is 5.97 Å². The van der Waals surface area contributed by atoms with Gasteiger partial charge in [0.2, 0.25) is 29.7 Å². The van der Waals surface area contributed by atoms with Crippen molar-refractivity contribution in [1.29, 1.82) is 0 Å². The number of fused-ring (bicyclic) bond motifs is 3. The third-order valence-corrected chi connectivity index (χ3v) is 30.8. The third-order valence-electron chi connectivity index (χ3n) is 24.2. The number of para-hydroxylation sites is 3. The zero-order valence-corrected chi connectivity index (χ0v) is 81.3. The molecule has 3 saturated heterocycles. The van der Waals surface area contributed by atoms with Crippen LogP contribution in [0.2, 0.25) is 0 Å². The Labute approximate surface area is 784 Å². The number of benzene rings is 6. The number of aromatic nitrogens is 9. The molecule has 0 spiro atoms. The maximum atomic E-state index is 13.1. The van der Waals surface area contributed by atoms with E-state index in [4.69, 9.17) is 60.7 Å². The molecule has 2 amide bonds. The van der Waals surface area contributed by atoms with Crippen LogP contribution >= 0.6 is 0 Å². The number of aryl methyl sites for hydroxylation is 3. The lowest BCUT2D eigenvalue weighted by molar-refractivity contribution is -0.137. The van der Waals surface area contributed by atoms with Crippen LogP contribution in [0.15, 0.2) is 161 Å². The number of anilines is 12. The lowest BCUT2D eigenvalue weighted by Gasteiger charge is -2.33. The second kappa shape index (κ2) is 43.2. The largest absolute Gasteiger partial charge is 0.489 e. The van der Waals surface area contributed by atoms with Gasteiger partial charge < -0.3 is 87.4 Å². The van der Waals surface area contributed by atoms with Crippen LogP contribution in [-0.2, 0) is 43.9 Å². The van der Waals surface area contributed by atoms with Crippen molar-refractivity contribution in [3.63, 3.8) is 0 Å². The van der Waals surface area contributed by atoms with Crippen molar-refractivity contribution >= 4 is 150 Å². The van der Waals surface area contributed by atoms with Crippen molar-refractivity contribution in [2.45, 2.75) is 222 Å². The number of hydrogen-bond acceptors (Lipinski definition) is 27. The summed E-state index contributed by atoms with van der Waals surface area (Å²) in [5.41, 5.74) is 23.1. The van der Waals surface area contributed by atoms with Gasteiger partial charge in [-0.1, -0.05) is 36.4 Å². The number of carboxylic acids is 1. The predicted molar refractivity (Wildman–Crippen MR) is 529 cm³/mol. The van der Waals surface area contributed by atoms with Crippen LogP contribution in [-0.4, -0.2) is 201 Å². The van der Waals surface area contributed by atoms with E-state index in [1.165, 1.54) is 16.7 Å². The number of rotatable bonds is 35. The van der Waals surface area contributed by atoms with Crippen molar-refractivity contribution in [3.05, 3.63) is 179 Å². The Morgan fingerprint density at radius 1 is 0.388 bits per heavy atom. The third kappa shape index (κ3) is 24.4. The average Bonchev–Trinajstić information content (AvgIpc) is 1.41. The predicted octanol–water partition coefficient (Wildman–Crippen LogP) is 17.5. The summed E-state index contributed by atoms with van der Waals surface area (Å²) in [4.78, 5) is 78.7. The van der Waals surface area contributed by atoms with Crippen LogP contribution in [0.1, 0.15) is 186 Å². The molecule has 6 aromatic heterocycles. The molecule has 0 atom stereocenters. The fourth-order valence-corrected chi connectivity index (χ4v) is 20.7. The maximum Gasteiger partial charge on any atom is 0.304 e. The van der Waals surface area contributed by atoms with Gasteiger partial charge in [0.05, 0.1) is 112 Å². The summed E-state index contributed by atoms with van der Waals surface area (Å²) in [7, 11) is -10.6. The van der Waals surface area contributed by atoms with Crippen LogP contribution < -0.4 is 57.6 Å². The number of hydrogen-bond donors (Lipinski definition) is 12. The molecule has 714 valence electrons. The van der Waals surface area contributed by atoms with Gasteiger partial charge in [0.15, 0.2) is 29.5 Å². The van der Waals surface area contributed by atoms with Crippen molar-refractivity contribution in [3.8, 4) is 17.2 Å². The SMILES string of the molecule is Cc1cc(Nc2nc(Nc3ccccc3S(=O)(=O)C(C)C)c3cc[nH]c3n2)c(OC(C)C)cc1C1CCN(CC(N)=O)CC1.Cc1cc(Nc2nc(Nc3ccccc3S(=O)(=O)C(C)C)c3cc[nH]c3n2)c(OC(C)C)cc1C1CCN(CCC(=O)O)CC1.Cc1cc(Nc2nc(Nc3ccccc3S(=O)(=O)C(C)C)c3cc[nH]c3n2)c(OC(C)C)cc1C1CCN(CCC(N)=O)CC1.